The molecule has 1 N–H and O–H groups in total. The molecule has 1 saturated carbocycles. The van der Waals surface area contributed by atoms with E-state index in [0.29, 0.717) is 48.2 Å². The van der Waals surface area contributed by atoms with Gasteiger partial charge >= 0.3 is 0 Å². The molecule has 8 heteroatoms. The minimum absolute atomic E-state index is 0.104. The number of carbonyl (C=O) groups is 2. The molecule has 1 aliphatic carbocycles. The van der Waals surface area contributed by atoms with Crippen LogP contribution in [0.15, 0.2) is 41.0 Å². The van der Waals surface area contributed by atoms with Crippen molar-refractivity contribution < 1.29 is 23.5 Å². The fraction of sp³-hybridized carbons (Fsp3) is 0.500. The zero-order chi connectivity index (χ0) is 25.4. The van der Waals surface area contributed by atoms with Crippen LogP contribution in [-0.4, -0.2) is 53.6 Å². The summed E-state index contributed by atoms with van der Waals surface area (Å²) in [7, 11) is 3.23. The molecule has 0 radical (unpaired) electrons. The molecular weight excluding hydrogens is 458 g/mol. The van der Waals surface area contributed by atoms with Gasteiger partial charge in [0.05, 0.1) is 32.5 Å². The number of amides is 2. The number of fused-ring (bicyclic) bond motifs is 3. The zero-order valence-electron chi connectivity index (χ0n) is 21.5. The SMILES string of the molecule is COc1ccc(CCN2C(=O)c3cc4occc4n3C[C@]2(C)C(=O)N[C@H]2CCCC[C@@H]2C)c(OC)c1. The number of rotatable bonds is 7. The molecule has 8 nitrogen and oxygen atoms in total. The predicted octanol–water partition coefficient (Wildman–Crippen LogP) is 4.40. The lowest BCUT2D eigenvalue weighted by molar-refractivity contribution is -0.134. The van der Waals surface area contributed by atoms with Crippen LogP contribution in [0.3, 0.4) is 0 Å². The van der Waals surface area contributed by atoms with Crippen molar-refractivity contribution in [2.75, 3.05) is 20.8 Å². The van der Waals surface area contributed by atoms with Crippen LogP contribution in [-0.2, 0) is 17.8 Å². The van der Waals surface area contributed by atoms with Crippen LogP contribution in [0.25, 0.3) is 11.1 Å². The fourth-order valence-corrected chi connectivity index (χ4v) is 5.77. The number of furan rings is 1. The summed E-state index contributed by atoms with van der Waals surface area (Å²) in [5.74, 6) is 1.55. The van der Waals surface area contributed by atoms with Gasteiger partial charge in [0.2, 0.25) is 5.91 Å². The summed E-state index contributed by atoms with van der Waals surface area (Å²) in [4.78, 5) is 29.5. The van der Waals surface area contributed by atoms with E-state index < -0.39 is 5.54 Å². The van der Waals surface area contributed by atoms with Crippen LogP contribution in [0.5, 0.6) is 11.5 Å². The van der Waals surface area contributed by atoms with Crippen molar-refractivity contribution in [3.05, 3.63) is 47.9 Å². The standard InChI is InChI=1S/C28H35N3O5/c1-18-7-5-6-8-21(18)29-27(33)28(2)17-30-22-12-14-36-25(22)16-23(30)26(32)31(28)13-11-19-9-10-20(34-3)15-24(19)35-4/h9-10,12,14-16,18,21H,5-8,11,13,17H2,1-4H3,(H,29,33)/t18-,21-,28+/m0/s1. The first-order valence-corrected chi connectivity index (χ1v) is 12.8. The maximum absolute atomic E-state index is 13.9. The van der Waals surface area contributed by atoms with Crippen LogP contribution in [0.4, 0.5) is 0 Å². The molecule has 1 aliphatic heterocycles. The van der Waals surface area contributed by atoms with Gasteiger partial charge in [0.1, 0.15) is 22.7 Å². The van der Waals surface area contributed by atoms with Crippen molar-refractivity contribution in [2.24, 2.45) is 5.92 Å². The topological polar surface area (TPSA) is 85.9 Å². The van der Waals surface area contributed by atoms with Gasteiger partial charge in [-0.1, -0.05) is 25.8 Å². The molecule has 1 aromatic carbocycles. The van der Waals surface area contributed by atoms with Crippen LogP contribution in [0, 0.1) is 5.92 Å². The van der Waals surface area contributed by atoms with Gasteiger partial charge < -0.3 is 28.7 Å². The molecule has 3 atom stereocenters. The smallest absolute Gasteiger partial charge is 0.271 e. The van der Waals surface area contributed by atoms with E-state index in [1.54, 1.807) is 31.4 Å². The Kier molecular flexibility index (Phi) is 6.45. The van der Waals surface area contributed by atoms with Gasteiger partial charge in [0.15, 0.2) is 5.58 Å². The number of nitrogens with zero attached hydrogens (tertiary/aromatic N) is 2. The molecule has 2 aromatic heterocycles. The van der Waals surface area contributed by atoms with Gasteiger partial charge in [0.25, 0.3) is 5.91 Å². The molecule has 0 bridgehead atoms. The van der Waals surface area contributed by atoms with E-state index in [9.17, 15) is 9.59 Å². The molecule has 3 aromatic rings. The van der Waals surface area contributed by atoms with E-state index in [0.717, 1.165) is 30.3 Å². The highest BCUT2D eigenvalue weighted by molar-refractivity contribution is 6.03. The van der Waals surface area contributed by atoms with Gasteiger partial charge in [-0.15, -0.1) is 0 Å². The molecule has 192 valence electrons. The van der Waals surface area contributed by atoms with Crippen LogP contribution < -0.4 is 14.8 Å². The monoisotopic (exact) mass is 493 g/mol. The van der Waals surface area contributed by atoms with Crippen molar-refractivity contribution in [1.82, 2.24) is 14.8 Å². The van der Waals surface area contributed by atoms with Gasteiger partial charge in [0, 0.05) is 30.8 Å². The highest BCUT2D eigenvalue weighted by Crippen LogP contribution is 2.34. The molecule has 36 heavy (non-hydrogen) atoms. The first-order chi connectivity index (χ1) is 17.4. The normalized spacial score (nSPS) is 24.0. The Morgan fingerprint density at radius 1 is 1.17 bits per heavy atom. The summed E-state index contributed by atoms with van der Waals surface area (Å²) in [6, 6.07) is 9.42. The molecule has 0 saturated heterocycles. The second-order valence-electron chi connectivity index (χ2n) is 10.3. The summed E-state index contributed by atoms with van der Waals surface area (Å²) in [5, 5.41) is 3.32. The van der Waals surface area contributed by atoms with Crippen molar-refractivity contribution >= 4 is 22.9 Å². The highest BCUT2D eigenvalue weighted by atomic mass is 16.5. The number of nitrogens with one attached hydrogen (secondary N) is 1. The zero-order valence-corrected chi connectivity index (χ0v) is 21.5. The molecule has 0 spiro atoms. The Hall–Kier alpha value is -3.42. The first kappa shape index (κ1) is 24.3. The minimum atomic E-state index is -1.05. The second-order valence-corrected chi connectivity index (χ2v) is 10.3. The summed E-state index contributed by atoms with van der Waals surface area (Å²) < 4.78 is 18.4. The number of hydrogen-bond acceptors (Lipinski definition) is 5. The summed E-state index contributed by atoms with van der Waals surface area (Å²) in [6.45, 7) is 4.82. The lowest BCUT2D eigenvalue weighted by Crippen LogP contribution is -2.65. The number of carbonyl (C=O) groups excluding carboxylic acids is 2. The van der Waals surface area contributed by atoms with Gasteiger partial charge in [-0.05, 0) is 43.7 Å². The number of methoxy groups -OCH3 is 2. The Morgan fingerprint density at radius 3 is 2.72 bits per heavy atom. The second kappa shape index (κ2) is 9.56. The van der Waals surface area contributed by atoms with E-state index in [4.69, 9.17) is 13.9 Å². The number of aromatic nitrogens is 1. The fourth-order valence-electron chi connectivity index (χ4n) is 5.77. The number of ether oxygens (including phenoxy) is 2. The van der Waals surface area contributed by atoms with E-state index in [2.05, 4.69) is 12.2 Å². The largest absolute Gasteiger partial charge is 0.497 e. The van der Waals surface area contributed by atoms with Gasteiger partial charge in [-0.3, -0.25) is 9.59 Å². The Bertz CT molecular complexity index is 1280. The van der Waals surface area contributed by atoms with Crippen LogP contribution >= 0.6 is 0 Å². The molecular formula is C28H35N3O5. The van der Waals surface area contributed by atoms with Crippen molar-refractivity contribution in [3.63, 3.8) is 0 Å². The number of benzene rings is 1. The third-order valence-corrected chi connectivity index (χ3v) is 8.06. The Labute approximate surface area is 211 Å². The molecule has 2 amide bonds. The van der Waals surface area contributed by atoms with E-state index >= 15 is 0 Å². The molecule has 1 fully saturated rings. The minimum Gasteiger partial charge on any atom is -0.497 e. The quantitative estimate of drug-likeness (QED) is 0.527. The van der Waals surface area contributed by atoms with Crippen LogP contribution in [0.2, 0.25) is 0 Å². The van der Waals surface area contributed by atoms with Crippen LogP contribution in [0.1, 0.15) is 55.6 Å². The Balaban J connectivity index is 1.47. The third-order valence-electron chi connectivity index (χ3n) is 8.06. The highest BCUT2D eigenvalue weighted by Gasteiger charge is 2.48. The average Bonchev–Trinajstić information content (AvgIpc) is 3.47. The van der Waals surface area contributed by atoms with Gasteiger partial charge in [-0.25, -0.2) is 0 Å². The molecule has 0 unspecified atom stereocenters. The molecule has 2 aliphatic rings. The third kappa shape index (κ3) is 4.12. The Morgan fingerprint density at radius 2 is 1.97 bits per heavy atom. The maximum atomic E-state index is 13.9. The molecule has 3 heterocycles. The van der Waals surface area contributed by atoms with Gasteiger partial charge in [-0.2, -0.15) is 0 Å². The van der Waals surface area contributed by atoms with Crippen molar-refractivity contribution in [1.29, 1.82) is 0 Å². The first-order valence-electron chi connectivity index (χ1n) is 12.8. The van der Waals surface area contributed by atoms with Crippen molar-refractivity contribution in [2.45, 2.75) is 64.1 Å². The summed E-state index contributed by atoms with van der Waals surface area (Å²) in [5.41, 5.74) is 1.93. The molecule has 5 rings (SSSR count). The maximum Gasteiger partial charge on any atom is 0.271 e. The number of hydrogen-bond donors (Lipinski definition) is 1. The van der Waals surface area contributed by atoms with E-state index in [1.807, 2.05) is 35.8 Å². The lowest BCUT2D eigenvalue weighted by atomic mass is 9.85. The van der Waals surface area contributed by atoms with E-state index in [-0.39, 0.29) is 17.9 Å². The predicted molar refractivity (Wildman–Crippen MR) is 136 cm³/mol. The van der Waals surface area contributed by atoms with E-state index in [1.165, 1.54) is 6.42 Å². The van der Waals surface area contributed by atoms with Crippen molar-refractivity contribution in [3.8, 4) is 11.5 Å². The average molecular weight is 494 g/mol. The summed E-state index contributed by atoms with van der Waals surface area (Å²) in [6.07, 6.45) is 6.55. The summed E-state index contributed by atoms with van der Waals surface area (Å²) >= 11 is 0. The lowest BCUT2D eigenvalue weighted by Gasteiger charge is -2.45.